The number of aliphatic hydroxyl groups excluding tert-OH is 1. The van der Waals surface area contributed by atoms with Gasteiger partial charge in [-0.2, -0.15) is 0 Å². The van der Waals surface area contributed by atoms with Gasteiger partial charge in [-0.1, -0.05) is 0 Å². The first kappa shape index (κ1) is 15.3. The van der Waals surface area contributed by atoms with Gasteiger partial charge in [0, 0.05) is 13.6 Å². The number of hydrogen-bond donors (Lipinski definition) is 2. The van der Waals surface area contributed by atoms with E-state index in [1.165, 1.54) is 0 Å². The Balaban J connectivity index is 2.87. The lowest BCUT2D eigenvalue weighted by molar-refractivity contribution is 0.0526. The molecule has 0 spiro atoms. The Morgan fingerprint density at radius 1 is 1.53 bits per heavy atom. The number of nitrogen functional groups attached to an aromatic ring is 1. The molecule has 0 aliphatic carbocycles. The monoisotopic (exact) mass is 266 g/mol. The van der Waals surface area contributed by atoms with Gasteiger partial charge in [0.1, 0.15) is 0 Å². The lowest BCUT2D eigenvalue weighted by Crippen LogP contribution is -2.23. The third kappa shape index (κ3) is 4.44. The van der Waals surface area contributed by atoms with E-state index in [1.807, 2.05) is 11.9 Å². The highest BCUT2D eigenvalue weighted by atomic mass is 16.5. The molecule has 5 nitrogen and oxygen atoms in total. The van der Waals surface area contributed by atoms with Gasteiger partial charge in [0.2, 0.25) is 0 Å². The van der Waals surface area contributed by atoms with E-state index in [-0.39, 0.29) is 12.1 Å². The first-order chi connectivity index (χ1) is 8.95. The molecule has 1 rings (SSSR count). The summed E-state index contributed by atoms with van der Waals surface area (Å²) < 4.78 is 4.96. The predicted octanol–water partition coefficient (Wildman–Crippen LogP) is 1.65. The van der Waals surface area contributed by atoms with Crippen molar-refractivity contribution >= 4 is 17.3 Å². The van der Waals surface area contributed by atoms with E-state index < -0.39 is 0 Å². The molecule has 0 heterocycles. The largest absolute Gasteiger partial charge is 0.462 e. The molecule has 0 aliphatic rings. The summed E-state index contributed by atoms with van der Waals surface area (Å²) in [5.74, 6) is -0.354. The molecule has 19 heavy (non-hydrogen) atoms. The van der Waals surface area contributed by atoms with Crippen molar-refractivity contribution in [2.45, 2.75) is 26.4 Å². The molecular formula is C14H22N2O3. The zero-order valence-corrected chi connectivity index (χ0v) is 11.7. The van der Waals surface area contributed by atoms with Crippen molar-refractivity contribution in [1.29, 1.82) is 0 Å². The highest BCUT2D eigenvalue weighted by Gasteiger charge is 2.12. The van der Waals surface area contributed by atoms with Crippen LogP contribution in [0.25, 0.3) is 0 Å². The number of anilines is 2. The third-order valence-electron chi connectivity index (χ3n) is 2.84. The minimum Gasteiger partial charge on any atom is -0.462 e. The van der Waals surface area contributed by atoms with E-state index in [9.17, 15) is 9.90 Å². The molecule has 0 aromatic heterocycles. The number of aliphatic hydroxyl groups is 1. The zero-order chi connectivity index (χ0) is 14.4. The molecule has 1 aromatic rings. The van der Waals surface area contributed by atoms with Crippen LogP contribution in [0.4, 0.5) is 11.4 Å². The minimum absolute atomic E-state index is 0.344. The summed E-state index contributed by atoms with van der Waals surface area (Å²) in [5.41, 5.74) is 7.76. The summed E-state index contributed by atoms with van der Waals surface area (Å²) in [7, 11) is 1.88. The average molecular weight is 266 g/mol. The number of nitrogens with two attached hydrogens (primary N) is 1. The average Bonchev–Trinajstić information content (AvgIpc) is 2.36. The van der Waals surface area contributed by atoms with Gasteiger partial charge in [0.25, 0.3) is 0 Å². The Morgan fingerprint density at radius 2 is 2.21 bits per heavy atom. The van der Waals surface area contributed by atoms with Gasteiger partial charge in [-0.15, -0.1) is 0 Å². The molecule has 3 N–H and O–H groups in total. The fourth-order valence-electron chi connectivity index (χ4n) is 1.72. The Bertz CT molecular complexity index is 433. The topological polar surface area (TPSA) is 75.8 Å². The van der Waals surface area contributed by atoms with Crippen LogP contribution in [0.1, 0.15) is 30.6 Å². The summed E-state index contributed by atoms with van der Waals surface area (Å²) in [4.78, 5) is 13.6. The van der Waals surface area contributed by atoms with Crippen LogP contribution in [0.3, 0.4) is 0 Å². The van der Waals surface area contributed by atoms with Crippen molar-refractivity contribution in [3.63, 3.8) is 0 Å². The molecule has 0 bridgehead atoms. The molecule has 1 unspecified atom stereocenters. The Hall–Kier alpha value is -1.75. The number of carbonyl (C=O) groups excluding carboxylic acids is 1. The third-order valence-corrected chi connectivity index (χ3v) is 2.84. The van der Waals surface area contributed by atoms with E-state index in [0.29, 0.717) is 30.8 Å². The molecule has 0 aliphatic heterocycles. The van der Waals surface area contributed by atoms with Crippen LogP contribution in [-0.4, -0.2) is 37.4 Å². The number of benzene rings is 1. The van der Waals surface area contributed by atoms with E-state index in [4.69, 9.17) is 10.5 Å². The summed E-state index contributed by atoms with van der Waals surface area (Å²) in [6.45, 7) is 4.52. The van der Waals surface area contributed by atoms with Crippen LogP contribution in [0, 0.1) is 0 Å². The number of esters is 1. The van der Waals surface area contributed by atoms with Crippen LogP contribution in [-0.2, 0) is 4.74 Å². The molecule has 1 aromatic carbocycles. The molecule has 106 valence electrons. The molecule has 0 fully saturated rings. The lowest BCUT2D eigenvalue weighted by atomic mass is 10.1. The maximum absolute atomic E-state index is 11.7. The summed E-state index contributed by atoms with van der Waals surface area (Å²) in [6.07, 6.45) is 0.274. The van der Waals surface area contributed by atoms with Gasteiger partial charge in [-0.25, -0.2) is 4.79 Å². The highest BCUT2D eigenvalue weighted by molar-refractivity contribution is 5.92. The molecule has 1 atom stereocenters. The second-order valence-corrected chi connectivity index (χ2v) is 4.55. The van der Waals surface area contributed by atoms with Gasteiger partial charge < -0.3 is 20.5 Å². The minimum atomic E-state index is -0.364. The van der Waals surface area contributed by atoms with Crippen LogP contribution >= 0.6 is 0 Å². The molecular weight excluding hydrogens is 244 g/mol. The SMILES string of the molecule is CCOC(=O)c1ccc(N)c(N(C)CCC(C)O)c1. The number of nitrogens with zero attached hydrogens (tertiary/aromatic N) is 1. The number of hydrogen-bond acceptors (Lipinski definition) is 5. The molecule has 0 radical (unpaired) electrons. The number of carbonyl (C=O) groups is 1. The molecule has 0 saturated carbocycles. The maximum Gasteiger partial charge on any atom is 0.338 e. The first-order valence-electron chi connectivity index (χ1n) is 6.41. The fourth-order valence-corrected chi connectivity index (χ4v) is 1.72. The maximum atomic E-state index is 11.7. The predicted molar refractivity (Wildman–Crippen MR) is 76.4 cm³/mol. The van der Waals surface area contributed by atoms with Gasteiger partial charge in [0.15, 0.2) is 0 Å². The fraction of sp³-hybridized carbons (Fsp3) is 0.500. The Kier molecular flexibility index (Phi) is 5.63. The van der Waals surface area contributed by atoms with Crippen molar-refractivity contribution in [2.75, 3.05) is 30.8 Å². The van der Waals surface area contributed by atoms with Crippen LogP contribution in [0.15, 0.2) is 18.2 Å². The van der Waals surface area contributed by atoms with Gasteiger partial charge >= 0.3 is 5.97 Å². The Morgan fingerprint density at radius 3 is 2.79 bits per heavy atom. The van der Waals surface area contributed by atoms with Crippen molar-refractivity contribution in [1.82, 2.24) is 0 Å². The van der Waals surface area contributed by atoms with Crippen molar-refractivity contribution in [3.05, 3.63) is 23.8 Å². The van der Waals surface area contributed by atoms with Gasteiger partial charge in [0.05, 0.1) is 29.6 Å². The second-order valence-electron chi connectivity index (χ2n) is 4.55. The van der Waals surface area contributed by atoms with Crippen LogP contribution in [0.2, 0.25) is 0 Å². The van der Waals surface area contributed by atoms with Crippen LogP contribution in [0.5, 0.6) is 0 Å². The van der Waals surface area contributed by atoms with Gasteiger partial charge in [-0.3, -0.25) is 0 Å². The van der Waals surface area contributed by atoms with E-state index in [0.717, 1.165) is 5.69 Å². The van der Waals surface area contributed by atoms with E-state index in [1.54, 1.807) is 32.0 Å². The lowest BCUT2D eigenvalue weighted by Gasteiger charge is -2.22. The summed E-state index contributed by atoms with van der Waals surface area (Å²) in [6, 6.07) is 5.06. The number of rotatable bonds is 6. The first-order valence-corrected chi connectivity index (χ1v) is 6.41. The van der Waals surface area contributed by atoms with E-state index >= 15 is 0 Å². The Labute approximate surface area is 114 Å². The summed E-state index contributed by atoms with van der Waals surface area (Å²) >= 11 is 0. The molecule has 0 saturated heterocycles. The smallest absolute Gasteiger partial charge is 0.338 e. The number of ether oxygens (including phenoxy) is 1. The van der Waals surface area contributed by atoms with Gasteiger partial charge in [-0.05, 0) is 38.5 Å². The summed E-state index contributed by atoms with van der Waals surface area (Å²) in [5, 5.41) is 9.30. The molecule has 0 amide bonds. The normalized spacial score (nSPS) is 12.0. The van der Waals surface area contributed by atoms with Crippen molar-refractivity contribution in [3.8, 4) is 0 Å². The standard InChI is InChI=1S/C14H22N2O3/c1-4-19-14(18)11-5-6-12(15)13(9-11)16(3)8-7-10(2)17/h5-6,9-10,17H,4,7-8,15H2,1-3H3. The van der Waals surface area contributed by atoms with E-state index in [2.05, 4.69) is 0 Å². The zero-order valence-electron chi connectivity index (χ0n) is 11.7. The van der Waals surface area contributed by atoms with Crippen molar-refractivity contribution in [2.24, 2.45) is 0 Å². The van der Waals surface area contributed by atoms with Crippen molar-refractivity contribution < 1.29 is 14.6 Å². The molecule has 5 heteroatoms. The highest BCUT2D eigenvalue weighted by Crippen LogP contribution is 2.24. The second kappa shape index (κ2) is 6.99. The quantitative estimate of drug-likeness (QED) is 0.605. The van der Waals surface area contributed by atoms with Crippen LogP contribution < -0.4 is 10.6 Å².